The molecule has 1 N–H and O–H groups in total. The predicted octanol–water partition coefficient (Wildman–Crippen LogP) is 1.43. The van der Waals surface area contributed by atoms with E-state index in [2.05, 4.69) is 10.3 Å². The Morgan fingerprint density at radius 1 is 1.61 bits per heavy atom. The molecule has 98 valence electrons. The van der Waals surface area contributed by atoms with Crippen molar-refractivity contribution < 1.29 is 9.18 Å². The maximum atomic E-state index is 12.8. The monoisotopic (exact) mass is 251 g/mol. The van der Waals surface area contributed by atoms with Gasteiger partial charge < -0.3 is 10.2 Å². The molecule has 1 unspecified atom stereocenters. The summed E-state index contributed by atoms with van der Waals surface area (Å²) in [6.07, 6.45) is 3.17. The van der Waals surface area contributed by atoms with Gasteiger partial charge in [0.25, 0.3) is 5.91 Å². The van der Waals surface area contributed by atoms with Crippen molar-refractivity contribution in [1.29, 1.82) is 0 Å². The van der Waals surface area contributed by atoms with E-state index < -0.39 is 5.82 Å². The molecule has 2 rings (SSSR count). The lowest BCUT2D eigenvalue weighted by molar-refractivity contribution is 0.0656. The van der Waals surface area contributed by atoms with Gasteiger partial charge >= 0.3 is 0 Å². The molecule has 0 aliphatic carbocycles. The largest absolute Gasteiger partial charge is 0.333 e. The maximum absolute atomic E-state index is 12.8. The van der Waals surface area contributed by atoms with Gasteiger partial charge in [-0.25, -0.2) is 9.37 Å². The minimum absolute atomic E-state index is 0.119. The molecule has 4 nitrogen and oxygen atoms in total. The third-order valence-electron chi connectivity index (χ3n) is 3.26. The fraction of sp³-hybridized carbons (Fsp3) is 0.538. The second-order valence-electron chi connectivity index (χ2n) is 4.45. The molecule has 0 saturated carbocycles. The van der Waals surface area contributed by atoms with Crippen LogP contribution >= 0.6 is 0 Å². The molecular formula is C13H18FN3O. The summed E-state index contributed by atoms with van der Waals surface area (Å²) in [7, 11) is 0. The van der Waals surface area contributed by atoms with E-state index >= 15 is 0 Å². The lowest BCUT2D eigenvalue weighted by Crippen LogP contribution is -2.48. The smallest absolute Gasteiger partial charge is 0.272 e. The second-order valence-corrected chi connectivity index (χ2v) is 4.45. The number of halogens is 1. The van der Waals surface area contributed by atoms with E-state index in [-0.39, 0.29) is 11.9 Å². The van der Waals surface area contributed by atoms with Crippen molar-refractivity contribution in [3.8, 4) is 0 Å². The Morgan fingerprint density at radius 3 is 3.00 bits per heavy atom. The van der Waals surface area contributed by atoms with Crippen molar-refractivity contribution in [1.82, 2.24) is 15.2 Å². The lowest BCUT2D eigenvalue weighted by Gasteiger charge is -2.33. The van der Waals surface area contributed by atoms with Gasteiger partial charge in [0.1, 0.15) is 11.5 Å². The van der Waals surface area contributed by atoms with E-state index in [1.165, 1.54) is 12.1 Å². The minimum atomic E-state index is -0.422. The van der Waals surface area contributed by atoms with Gasteiger partial charge in [-0.2, -0.15) is 0 Å². The van der Waals surface area contributed by atoms with Gasteiger partial charge in [0, 0.05) is 19.1 Å². The van der Waals surface area contributed by atoms with E-state index in [1.807, 2.05) is 11.8 Å². The molecule has 0 radical (unpaired) electrons. The number of nitrogens with zero attached hydrogens (tertiary/aromatic N) is 2. The third kappa shape index (κ3) is 2.85. The SMILES string of the molecule is CCN(C(=O)c1ccc(F)cn1)C1CCCNC1. The highest BCUT2D eigenvalue weighted by Crippen LogP contribution is 2.13. The normalized spacial score (nSPS) is 19.6. The fourth-order valence-corrected chi connectivity index (χ4v) is 2.32. The van der Waals surface area contributed by atoms with Gasteiger partial charge in [-0.05, 0) is 38.4 Å². The summed E-state index contributed by atoms with van der Waals surface area (Å²) < 4.78 is 12.8. The number of carbonyl (C=O) groups is 1. The van der Waals surface area contributed by atoms with E-state index in [0.717, 1.165) is 32.1 Å². The van der Waals surface area contributed by atoms with Crippen LogP contribution in [0.3, 0.4) is 0 Å². The Bertz CT molecular complexity index is 401. The standard InChI is InChI=1S/C13H18FN3O/c1-2-17(11-4-3-7-15-9-11)13(18)12-6-5-10(14)8-16-12/h5-6,8,11,15H,2-4,7,9H2,1H3. The van der Waals surface area contributed by atoms with Crippen LogP contribution < -0.4 is 5.32 Å². The van der Waals surface area contributed by atoms with Crippen molar-refractivity contribution in [3.05, 3.63) is 29.8 Å². The van der Waals surface area contributed by atoms with Crippen LogP contribution in [0, 0.1) is 5.82 Å². The highest BCUT2D eigenvalue weighted by molar-refractivity contribution is 5.92. The number of hydrogen-bond donors (Lipinski definition) is 1. The highest BCUT2D eigenvalue weighted by Gasteiger charge is 2.25. The lowest BCUT2D eigenvalue weighted by atomic mass is 10.1. The first-order valence-electron chi connectivity index (χ1n) is 6.35. The molecule has 2 heterocycles. The first-order chi connectivity index (χ1) is 8.72. The van der Waals surface area contributed by atoms with Gasteiger partial charge in [0.15, 0.2) is 0 Å². The van der Waals surface area contributed by atoms with Crippen LogP contribution in [-0.4, -0.2) is 41.5 Å². The zero-order valence-electron chi connectivity index (χ0n) is 10.5. The molecule has 1 atom stereocenters. The number of rotatable bonds is 3. The van der Waals surface area contributed by atoms with Crippen molar-refractivity contribution in [2.45, 2.75) is 25.8 Å². The molecule has 5 heteroatoms. The number of pyridine rings is 1. The first-order valence-corrected chi connectivity index (χ1v) is 6.35. The van der Waals surface area contributed by atoms with Crippen molar-refractivity contribution >= 4 is 5.91 Å². The Hall–Kier alpha value is -1.49. The number of amides is 1. The molecule has 1 aromatic rings. The number of piperidine rings is 1. The quantitative estimate of drug-likeness (QED) is 0.884. The molecule has 1 saturated heterocycles. The summed E-state index contributed by atoms with van der Waals surface area (Å²) in [6, 6.07) is 2.92. The van der Waals surface area contributed by atoms with Crippen LogP contribution in [0.1, 0.15) is 30.3 Å². The van der Waals surface area contributed by atoms with E-state index in [9.17, 15) is 9.18 Å². The van der Waals surface area contributed by atoms with Gasteiger partial charge in [0.2, 0.25) is 0 Å². The summed E-state index contributed by atoms with van der Waals surface area (Å²) in [5, 5.41) is 3.29. The Morgan fingerprint density at radius 2 is 2.44 bits per heavy atom. The molecule has 0 aromatic carbocycles. The molecule has 18 heavy (non-hydrogen) atoms. The molecule has 0 bridgehead atoms. The van der Waals surface area contributed by atoms with E-state index in [4.69, 9.17) is 0 Å². The van der Waals surface area contributed by atoms with Crippen LogP contribution in [0.15, 0.2) is 18.3 Å². The van der Waals surface area contributed by atoms with Crippen LogP contribution in [0.5, 0.6) is 0 Å². The number of hydrogen-bond acceptors (Lipinski definition) is 3. The van der Waals surface area contributed by atoms with E-state index in [0.29, 0.717) is 12.2 Å². The molecular weight excluding hydrogens is 233 g/mol. The minimum Gasteiger partial charge on any atom is -0.333 e. The zero-order chi connectivity index (χ0) is 13.0. The average Bonchev–Trinajstić information content (AvgIpc) is 2.41. The first kappa shape index (κ1) is 13.0. The molecule has 0 spiro atoms. The molecule has 1 amide bonds. The summed E-state index contributed by atoms with van der Waals surface area (Å²) >= 11 is 0. The van der Waals surface area contributed by atoms with Gasteiger partial charge in [-0.3, -0.25) is 4.79 Å². The van der Waals surface area contributed by atoms with Crippen LogP contribution in [0.2, 0.25) is 0 Å². The summed E-state index contributed by atoms with van der Waals surface area (Å²) in [6.45, 7) is 4.43. The summed E-state index contributed by atoms with van der Waals surface area (Å²) in [5.41, 5.74) is 0.309. The third-order valence-corrected chi connectivity index (χ3v) is 3.26. The summed E-state index contributed by atoms with van der Waals surface area (Å²) in [4.78, 5) is 18.0. The zero-order valence-corrected chi connectivity index (χ0v) is 10.5. The Labute approximate surface area is 106 Å². The van der Waals surface area contributed by atoms with Crippen LogP contribution in [0.4, 0.5) is 4.39 Å². The average molecular weight is 251 g/mol. The number of nitrogens with one attached hydrogen (secondary N) is 1. The Kier molecular flexibility index (Phi) is 4.25. The number of aromatic nitrogens is 1. The molecule has 1 aliphatic heterocycles. The molecule has 1 aromatic heterocycles. The van der Waals surface area contributed by atoms with Crippen molar-refractivity contribution in [2.75, 3.05) is 19.6 Å². The molecule has 1 fully saturated rings. The van der Waals surface area contributed by atoms with Crippen LogP contribution in [-0.2, 0) is 0 Å². The maximum Gasteiger partial charge on any atom is 0.272 e. The van der Waals surface area contributed by atoms with Gasteiger partial charge in [-0.15, -0.1) is 0 Å². The second kappa shape index (κ2) is 5.91. The Balaban J connectivity index is 2.11. The number of carbonyl (C=O) groups excluding carboxylic acids is 1. The molecule has 1 aliphatic rings. The highest BCUT2D eigenvalue weighted by atomic mass is 19.1. The van der Waals surface area contributed by atoms with Crippen molar-refractivity contribution in [3.63, 3.8) is 0 Å². The van der Waals surface area contributed by atoms with E-state index in [1.54, 1.807) is 0 Å². The fourth-order valence-electron chi connectivity index (χ4n) is 2.32. The summed E-state index contributed by atoms with van der Waals surface area (Å²) in [5.74, 6) is -0.542. The predicted molar refractivity (Wildman–Crippen MR) is 66.8 cm³/mol. The van der Waals surface area contributed by atoms with Crippen molar-refractivity contribution in [2.24, 2.45) is 0 Å². The van der Waals surface area contributed by atoms with Gasteiger partial charge in [0.05, 0.1) is 6.20 Å². The van der Waals surface area contributed by atoms with Gasteiger partial charge in [-0.1, -0.05) is 0 Å². The topological polar surface area (TPSA) is 45.2 Å². The van der Waals surface area contributed by atoms with Crippen LogP contribution in [0.25, 0.3) is 0 Å². The number of likely N-dealkylation sites (N-methyl/N-ethyl adjacent to an activating group) is 1.